The summed E-state index contributed by atoms with van der Waals surface area (Å²) in [6.45, 7) is 3.59. The summed E-state index contributed by atoms with van der Waals surface area (Å²) < 4.78 is 0. The Morgan fingerprint density at radius 1 is 1.30 bits per heavy atom. The first-order valence-corrected chi connectivity index (χ1v) is 6.78. The average Bonchev–Trinajstić information content (AvgIpc) is 2.45. The molecule has 1 amide bonds. The number of carbonyl (C=O) groups is 2. The number of carboxylic acid groups (broad SMARTS) is 1. The van der Waals surface area contributed by atoms with Crippen LogP contribution in [0.2, 0.25) is 0 Å². The van der Waals surface area contributed by atoms with Crippen molar-refractivity contribution in [2.75, 3.05) is 0 Å². The van der Waals surface area contributed by atoms with Crippen LogP contribution < -0.4 is 11.1 Å². The minimum absolute atomic E-state index is 0.0739. The monoisotopic (exact) mass is 278 g/mol. The van der Waals surface area contributed by atoms with Crippen LogP contribution in [0.15, 0.2) is 30.3 Å². The Labute approximate surface area is 119 Å². The molecule has 20 heavy (non-hydrogen) atoms. The van der Waals surface area contributed by atoms with Gasteiger partial charge in [0, 0.05) is 12.1 Å². The second kappa shape index (κ2) is 7.65. The lowest BCUT2D eigenvalue weighted by molar-refractivity contribution is -0.137. The predicted octanol–water partition coefficient (Wildman–Crippen LogP) is 1.69. The number of nitrogens with one attached hydrogen (secondary N) is 1. The molecule has 0 aliphatic rings. The first-order valence-electron chi connectivity index (χ1n) is 6.78. The molecule has 0 aliphatic carbocycles. The van der Waals surface area contributed by atoms with Crippen LogP contribution in [0.3, 0.4) is 0 Å². The smallest absolute Gasteiger partial charge is 0.305 e. The molecule has 1 aromatic rings. The van der Waals surface area contributed by atoms with E-state index >= 15 is 0 Å². The molecular weight excluding hydrogens is 256 g/mol. The highest BCUT2D eigenvalue weighted by Gasteiger charge is 2.24. The fourth-order valence-electron chi connectivity index (χ4n) is 1.97. The zero-order valence-electron chi connectivity index (χ0n) is 11.9. The summed E-state index contributed by atoms with van der Waals surface area (Å²) in [6, 6.07) is 8.63. The Balaban J connectivity index is 2.64. The molecule has 0 radical (unpaired) electrons. The van der Waals surface area contributed by atoms with Crippen molar-refractivity contribution in [1.82, 2.24) is 5.32 Å². The van der Waals surface area contributed by atoms with Crippen LogP contribution in [0.4, 0.5) is 0 Å². The summed E-state index contributed by atoms with van der Waals surface area (Å²) >= 11 is 0. The molecule has 110 valence electrons. The highest BCUT2D eigenvalue weighted by Crippen LogP contribution is 2.19. The maximum Gasteiger partial charge on any atom is 0.305 e. The molecular formula is C15H22N2O3. The number of benzene rings is 1. The van der Waals surface area contributed by atoms with Crippen molar-refractivity contribution < 1.29 is 14.7 Å². The molecule has 1 rings (SSSR count). The fourth-order valence-corrected chi connectivity index (χ4v) is 1.97. The Morgan fingerprint density at radius 3 is 2.40 bits per heavy atom. The van der Waals surface area contributed by atoms with Gasteiger partial charge in [0.25, 0.3) is 0 Å². The number of hydrogen-bond donors (Lipinski definition) is 3. The standard InChI is InChI=1S/C15H22N2O3/c1-3-12(9-13(18)19)17-15(20)10(2)14(16)11-7-5-4-6-8-11/h4-8,10,12,14H,3,9,16H2,1-2H3,(H,17,20)(H,18,19). The average molecular weight is 278 g/mol. The number of aliphatic carboxylic acids is 1. The zero-order chi connectivity index (χ0) is 15.1. The second-order valence-electron chi connectivity index (χ2n) is 4.94. The third-order valence-corrected chi connectivity index (χ3v) is 3.40. The molecule has 0 heterocycles. The molecule has 0 spiro atoms. The van der Waals surface area contributed by atoms with Crippen LogP contribution in [-0.4, -0.2) is 23.0 Å². The van der Waals surface area contributed by atoms with E-state index in [0.717, 1.165) is 5.56 Å². The van der Waals surface area contributed by atoms with Crippen LogP contribution in [0, 0.1) is 5.92 Å². The molecule has 1 aromatic carbocycles. The summed E-state index contributed by atoms with van der Waals surface area (Å²) in [4.78, 5) is 22.8. The molecule has 4 N–H and O–H groups in total. The lowest BCUT2D eigenvalue weighted by atomic mass is 9.94. The van der Waals surface area contributed by atoms with Gasteiger partial charge in [-0.25, -0.2) is 0 Å². The Hall–Kier alpha value is -1.88. The van der Waals surface area contributed by atoms with E-state index in [2.05, 4.69) is 5.32 Å². The summed E-state index contributed by atoms with van der Waals surface area (Å²) in [6.07, 6.45) is 0.501. The van der Waals surface area contributed by atoms with Crippen LogP contribution in [0.5, 0.6) is 0 Å². The normalized spacial score (nSPS) is 15.2. The van der Waals surface area contributed by atoms with Crippen molar-refractivity contribution in [3.05, 3.63) is 35.9 Å². The van der Waals surface area contributed by atoms with Crippen molar-refractivity contribution in [3.8, 4) is 0 Å². The molecule has 0 aromatic heterocycles. The topological polar surface area (TPSA) is 92.4 Å². The Kier molecular flexibility index (Phi) is 6.18. The largest absolute Gasteiger partial charge is 0.481 e. The van der Waals surface area contributed by atoms with Crippen molar-refractivity contribution in [3.63, 3.8) is 0 Å². The van der Waals surface area contributed by atoms with Gasteiger partial charge in [0.05, 0.1) is 12.3 Å². The maximum atomic E-state index is 12.1. The maximum absolute atomic E-state index is 12.1. The third kappa shape index (κ3) is 4.66. The van der Waals surface area contributed by atoms with E-state index in [1.54, 1.807) is 6.92 Å². The zero-order valence-corrected chi connectivity index (χ0v) is 11.9. The van der Waals surface area contributed by atoms with E-state index < -0.39 is 17.9 Å². The van der Waals surface area contributed by atoms with Crippen LogP contribution >= 0.6 is 0 Å². The number of nitrogens with two attached hydrogens (primary N) is 1. The van der Waals surface area contributed by atoms with Gasteiger partial charge < -0.3 is 16.2 Å². The van der Waals surface area contributed by atoms with Gasteiger partial charge in [-0.05, 0) is 12.0 Å². The third-order valence-electron chi connectivity index (χ3n) is 3.40. The summed E-state index contributed by atoms with van der Waals surface area (Å²) in [7, 11) is 0. The second-order valence-corrected chi connectivity index (χ2v) is 4.94. The lowest BCUT2D eigenvalue weighted by Gasteiger charge is -2.23. The number of hydrogen-bond acceptors (Lipinski definition) is 3. The minimum Gasteiger partial charge on any atom is -0.481 e. The summed E-state index contributed by atoms with van der Waals surface area (Å²) in [5.74, 6) is -1.55. The summed E-state index contributed by atoms with van der Waals surface area (Å²) in [5.41, 5.74) is 6.97. The minimum atomic E-state index is -0.919. The first-order chi connectivity index (χ1) is 9.45. The van der Waals surface area contributed by atoms with E-state index in [1.165, 1.54) is 0 Å². The molecule has 3 atom stereocenters. The van der Waals surface area contributed by atoms with Gasteiger partial charge in [-0.2, -0.15) is 0 Å². The molecule has 5 nitrogen and oxygen atoms in total. The van der Waals surface area contributed by atoms with E-state index in [0.29, 0.717) is 6.42 Å². The van der Waals surface area contributed by atoms with Crippen molar-refractivity contribution in [2.45, 2.75) is 38.8 Å². The fraction of sp³-hybridized carbons (Fsp3) is 0.467. The van der Waals surface area contributed by atoms with Crippen molar-refractivity contribution in [2.24, 2.45) is 11.7 Å². The quantitative estimate of drug-likeness (QED) is 0.707. The van der Waals surface area contributed by atoms with Gasteiger partial charge in [0.2, 0.25) is 5.91 Å². The highest BCUT2D eigenvalue weighted by atomic mass is 16.4. The van der Waals surface area contributed by atoms with Crippen LogP contribution in [-0.2, 0) is 9.59 Å². The lowest BCUT2D eigenvalue weighted by Crippen LogP contribution is -2.42. The molecule has 3 unspecified atom stereocenters. The van der Waals surface area contributed by atoms with E-state index in [4.69, 9.17) is 10.8 Å². The van der Waals surface area contributed by atoms with E-state index in [1.807, 2.05) is 37.3 Å². The molecule has 0 fully saturated rings. The van der Waals surface area contributed by atoms with Gasteiger partial charge in [-0.3, -0.25) is 9.59 Å². The highest BCUT2D eigenvalue weighted by molar-refractivity contribution is 5.80. The SMILES string of the molecule is CCC(CC(=O)O)NC(=O)C(C)C(N)c1ccccc1. The van der Waals surface area contributed by atoms with Gasteiger partial charge in [-0.1, -0.05) is 44.2 Å². The Bertz CT molecular complexity index is 448. The van der Waals surface area contributed by atoms with Gasteiger partial charge in [0.15, 0.2) is 0 Å². The van der Waals surface area contributed by atoms with Crippen molar-refractivity contribution >= 4 is 11.9 Å². The predicted molar refractivity (Wildman–Crippen MR) is 77.0 cm³/mol. The molecule has 0 saturated carbocycles. The molecule has 0 aliphatic heterocycles. The number of amides is 1. The van der Waals surface area contributed by atoms with Crippen molar-refractivity contribution in [1.29, 1.82) is 0 Å². The number of carbonyl (C=O) groups excluding carboxylic acids is 1. The number of rotatable bonds is 7. The molecule has 5 heteroatoms. The van der Waals surface area contributed by atoms with Gasteiger partial charge in [-0.15, -0.1) is 0 Å². The van der Waals surface area contributed by atoms with E-state index in [-0.39, 0.29) is 18.4 Å². The molecule has 0 saturated heterocycles. The van der Waals surface area contributed by atoms with Gasteiger partial charge >= 0.3 is 5.97 Å². The molecule has 0 bridgehead atoms. The number of carboxylic acids is 1. The Morgan fingerprint density at radius 2 is 1.90 bits per heavy atom. The summed E-state index contributed by atoms with van der Waals surface area (Å²) in [5, 5.41) is 11.5. The van der Waals surface area contributed by atoms with Crippen LogP contribution in [0.1, 0.15) is 38.3 Å². The first kappa shape index (κ1) is 16.2. The van der Waals surface area contributed by atoms with E-state index in [9.17, 15) is 9.59 Å². The van der Waals surface area contributed by atoms with Crippen LogP contribution in [0.25, 0.3) is 0 Å². The van der Waals surface area contributed by atoms with Gasteiger partial charge in [0.1, 0.15) is 0 Å².